The van der Waals surface area contributed by atoms with Crippen molar-refractivity contribution in [3.8, 4) is 0 Å². The molecular formula is C9H19NO2. The third-order valence-corrected chi connectivity index (χ3v) is 2.66. The van der Waals surface area contributed by atoms with Crippen LogP contribution in [-0.2, 0) is 9.47 Å². The van der Waals surface area contributed by atoms with Gasteiger partial charge >= 0.3 is 0 Å². The van der Waals surface area contributed by atoms with Crippen LogP contribution in [0.4, 0.5) is 0 Å². The summed E-state index contributed by atoms with van der Waals surface area (Å²) in [7, 11) is 3.86. The molecule has 0 amide bonds. The molecule has 1 aliphatic heterocycles. The molecule has 3 nitrogen and oxygen atoms in total. The molecule has 1 saturated heterocycles. The van der Waals surface area contributed by atoms with E-state index in [9.17, 15) is 0 Å². The third kappa shape index (κ3) is 1.79. The van der Waals surface area contributed by atoms with Crippen LogP contribution >= 0.6 is 0 Å². The molecular weight excluding hydrogens is 154 g/mol. The van der Waals surface area contributed by atoms with E-state index in [0.29, 0.717) is 6.04 Å². The van der Waals surface area contributed by atoms with Gasteiger partial charge in [-0.15, -0.1) is 0 Å². The SMILES string of the molecule is CCOC1CN(C)C(C)C1OC. The van der Waals surface area contributed by atoms with E-state index in [1.54, 1.807) is 7.11 Å². The molecule has 1 rings (SSSR count). The topological polar surface area (TPSA) is 21.7 Å². The van der Waals surface area contributed by atoms with Crippen molar-refractivity contribution in [1.82, 2.24) is 4.90 Å². The first-order valence-electron chi connectivity index (χ1n) is 4.55. The second kappa shape index (κ2) is 4.21. The molecule has 3 heteroatoms. The fraction of sp³-hybridized carbons (Fsp3) is 1.00. The van der Waals surface area contributed by atoms with Crippen molar-refractivity contribution < 1.29 is 9.47 Å². The van der Waals surface area contributed by atoms with E-state index >= 15 is 0 Å². The Morgan fingerprint density at radius 3 is 2.67 bits per heavy atom. The number of hydrogen-bond donors (Lipinski definition) is 0. The molecule has 72 valence electrons. The average Bonchev–Trinajstić information content (AvgIpc) is 2.29. The van der Waals surface area contributed by atoms with E-state index in [4.69, 9.17) is 9.47 Å². The quantitative estimate of drug-likeness (QED) is 0.628. The zero-order chi connectivity index (χ0) is 9.14. The first-order valence-corrected chi connectivity index (χ1v) is 4.55. The monoisotopic (exact) mass is 173 g/mol. The summed E-state index contributed by atoms with van der Waals surface area (Å²) in [5, 5.41) is 0. The fourth-order valence-electron chi connectivity index (χ4n) is 1.83. The molecule has 1 fully saturated rings. The maximum atomic E-state index is 5.58. The van der Waals surface area contributed by atoms with E-state index in [2.05, 4.69) is 18.9 Å². The Bertz CT molecular complexity index is 140. The standard InChI is InChI=1S/C9H19NO2/c1-5-12-8-6-10(3)7(2)9(8)11-4/h7-9H,5-6H2,1-4H3. The summed E-state index contributed by atoms with van der Waals surface area (Å²) in [4.78, 5) is 2.27. The van der Waals surface area contributed by atoms with Crippen LogP contribution < -0.4 is 0 Å². The predicted octanol–water partition coefficient (Wildman–Crippen LogP) is 0.740. The summed E-state index contributed by atoms with van der Waals surface area (Å²) in [6, 6.07) is 0.464. The number of likely N-dealkylation sites (tertiary alicyclic amines) is 1. The van der Waals surface area contributed by atoms with Crippen molar-refractivity contribution in [1.29, 1.82) is 0 Å². The first kappa shape index (κ1) is 9.96. The van der Waals surface area contributed by atoms with Crippen molar-refractivity contribution >= 4 is 0 Å². The molecule has 0 aromatic heterocycles. The van der Waals surface area contributed by atoms with E-state index in [0.717, 1.165) is 13.2 Å². The molecule has 0 radical (unpaired) electrons. The van der Waals surface area contributed by atoms with Crippen LogP contribution in [0.5, 0.6) is 0 Å². The highest BCUT2D eigenvalue weighted by Crippen LogP contribution is 2.21. The van der Waals surface area contributed by atoms with Gasteiger partial charge in [0.2, 0.25) is 0 Å². The Morgan fingerprint density at radius 1 is 1.50 bits per heavy atom. The van der Waals surface area contributed by atoms with Crippen LogP contribution in [0.25, 0.3) is 0 Å². The summed E-state index contributed by atoms with van der Waals surface area (Å²) < 4.78 is 11.0. The molecule has 1 heterocycles. The molecule has 12 heavy (non-hydrogen) atoms. The highest BCUT2D eigenvalue weighted by Gasteiger charge is 2.37. The van der Waals surface area contributed by atoms with Gasteiger partial charge in [0.1, 0.15) is 0 Å². The average molecular weight is 173 g/mol. The second-order valence-electron chi connectivity index (χ2n) is 3.37. The Kier molecular flexibility index (Phi) is 3.50. The molecule has 0 aromatic rings. The summed E-state index contributed by atoms with van der Waals surface area (Å²) in [5.41, 5.74) is 0. The fourth-order valence-corrected chi connectivity index (χ4v) is 1.83. The molecule has 0 saturated carbocycles. The summed E-state index contributed by atoms with van der Waals surface area (Å²) in [6.07, 6.45) is 0.481. The lowest BCUT2D eigenvalue weighted by Crippen LogP contribution is -2.34. The number of nitrogens with zero attached hydrogens (tertiary/aromatic N) is 1. The van der Waals surface area contributed by atoms with Gasteiger partial charge in [-0.1, -0.05) is 0 Å². The molecule has 0 aromatic carbocycles. The van der Waals surface area contributed by atoms with E-state index < -0.39 is 0 Å². The van der Waals surface area contributed by atoms with Crippen LogP contribution in [0, 0.1) is 0 Å². The molecule has 0 spiro atoms. The van der Waals surface area contributed by atoms with Gasteiger partial charge in [0.05, 0.1) is 12.2 Å². The minimum absolute atomic E-state index is 0.231. The lowest BCUT2D eigenvalue weighted by Gasteiger charge is -2.20. The van der Waals surface area contributed by atoms with Crippen LogP contribution in [0.15, 0.2) is 0 Å². The van der Waals surface area contributed by atoms with Crippen molar-refractivity contribution in [3.05, 3.63) is 0 Å². The smallest absolute Gasteiger partial charge is 0.0997 e. The van der Waals surface area contributed by atoms with Crippen molar-refractivity contribution in [3.63, 3.8) is 0 Å². The van der Waals surface area contributed by atoms with Gasteiger partial charge in [-0.3, -0.25) is 4.90 Å². The van der Waals surface area contributed by atoms with Crippen molar-refractivity contribution in [2.45, 2.75) is 32.1 Å². The summed E-state index contributed by atoms with van der Waals surface area (Å²) in [5.74, 6) is 0. The number of rotatable bonds is 3. The van der Waals surface area contributed by atoms with Crippen LogP contribution in [-0.4, -0.2) is 50.5 Å². The van der Waals surface area contributed by atoms with Crippen LogP contribution in [0.2, 0.25) is 0 Å². The molecule has 0 bridgehead atoms. The largest absolute Gasteiger partial charge is 0.377 e. The number of likely N-dealkylation sites (N-methyl/N-ethyl adjacent to an activating group) is 1. The molecule has 0 aliphatic carbocycles. The van der Waals surface area contributed by atoms with Crippen molar-refractivity contribution in [2.24, 2.45) is 0 Å². The van der Waals surface area contributed by atoms with Gasteiger partial charge in [0.15, 0.2) is 0 Å². The van der Waals surface area contributed by atoms with Crippen LogP contribution in [0.1, 0.15) is 13.8 Å². The van der Waals surface area contributed by atoms with E-state index in [-0.39, 0.29) is 12.2 Å². The summed E-state index contributed by atoms with van der Waals surface area (Å²) >= 11 is 0. The lowest BCUT2D eigenvalue weighted by molar-refractivity contribution is -0.0328. The Hall–Kier alpha value is -0.120. The van der Waals surface area contributed by atoms with Crippen LogP contribution in [0.3, 0.4) is 0 Å². The third-order valence-electron chi connectivity index (χ3n) is 2.66. The normalized spacial score (nSPS) is 37.5. The first-order chi connectivity index (χ1) is 5.70. The minimum atomic E-state index is 0.231. The number of methoxy groups -OCH3 is 1. The molecule has 0 N–H and O–H groups in total. The van der Waals surface area contributed by atoms with Gasteiger partial charge in [0, 0.05) is 26.3 Å². The summed E-state index contributed by atoms with van der Waals surface area (Å²) in [6.45, 7) is 5.95. The van der Waals surface area contributed by atoms with Gasteiger partial charge < -0.3 is 9.47 Å². The molecule has 1 aliphatic rings. The Labute approximate surface area is 74.6 Å². The van der Waals surface area contributed by atoms with Gasteiger partial charge in [0.25, 0.3) is 0 Å². The van der Waals surface area contributed by atoms with Gasteiger partial charge in [-0.2, -0.15) is 0 Å². The van der Waals surface area contributed by atoms with E-state index in [1.807, 2.05) is 6.92 Å². The highest BCUT2D eigenvalue weighted by molar-refractivity contribution is 4.91. The Balaban J connectivity index is 2.52. The second-order valence-corrected chi connectivity index (χ2v) is 3.37. The zero-order valence-corrected chi connectivity index (χ0v) is 8.41. The number of hydrogen-bond acceptors (Lipinski definition) is 3. The molecule has 3 atom stereocenters. The Morgan fingerprint density at radius 2 is 2.17 bits per heavy atom. The maximum Gasteiger partial charge on any atom is 0.0997 e. The van der Waals surface area contributed by atoms with E-state index in [1.165, 1.54) is 0 Å². The number of ether oxygens (including phenoxy) is 2. The maximum absolute atomic E-state index is 5.58. The van der Waals surface area contributed by atoms with Gasteiger partial charge in [-0.25, -0.2) is 0 Å². The predicted molar refractivity (Wildman–Crippen MR) is 48.3 cm³/mol. The van der Waals surface area contributed by atoms with Crippen molar-refractivity contribution in [2.75, 3.05) is 27.3 Å². The minimum Gasteiger partial charge on any atom is -0.377 e. The molecule has 3 unspecified atom stereocenters. The van der Waals surface area contributed by atoms with Gasteiger partial charge in [-0.05, 0) is 20.9 Å². The highest BCUT2D eigenvalue weighted by atomic mass is 16.5. The zero-order valence-electron chi connectivity index (χ0n) is 8.41. The lowest BCUT2D eigenvalue weighted by atomic mass is 10.1.